The van der Waals surface area contributed by atoms with Crippen LogP contribution in [-0.2, 0) is 0 Å². The number of benzene rings is 7. The van der Waals surface area contributed by atoms with Gasteiger partial charge in [0, 0.05) is 16.7 Å². The van der Waals surface area contributed by atoms with E-state index in [1.54, 1.807) is 60.7 Å². The van der Waals surface area contributed by atoms with Crippen molar-refractivity contribution in [1.82, 2.24) is 15.0 Å². The molecule has 0 spiro atoms. The average molecular weight is 551 g/mol. The molecule has 0 saturated heterocycles. The van der Waals surface area contributed by atoms with E-state index < -0.39 is 102 Å². The van der Waals surface area contributed by atoms with E-state index >= 15 is 0 Å². The van der Waals surface area contributed by atoms with Crippen LogP contribution in [0.25, 0.3) is 77.6 Å². The maximum Gasteiger partial charge on any atom is 0.164 e. The van der Waals surface area contributed by atoms with Gasteiger partial charge in [0.25, 0.3) is 0 Å². The quantitative estimate of drug-likeness (QED) is 0.205. The topological polar surface area (TPSA) is 38.7 Å². The van der Waals surface area contributed by atoms with Gasteiger partial charge in [-0.25, -0.2) is 15.0 Å². The van der Waals surface area contributed by atoms with Crippen LogP contribution in [0.15, 0.2) is 151 Å². The molecular weight excluding hydrogens is 510 g/mol. The van der Waals surface area contributed by atoms with E-state index in [0.717, 1.165) is 0 Å². The van der Waals surface area contributed by atoms with Crippen LogP contribution >= 0.6 is 0 Å². The van der Waals surface area contributed by atoms with Gasteiger partial charge in [0.05, 0.1) is 20.6 Å². The molecule has 0 bridgehead atoms. The molecule has 196 valence electrons. The third-order valence-electron chi connectivity index (χ3n) is 6.74. The van der Waals surface area contributed by atoms with Crippen LogP contribution in [0.4, 0.5) is 0 Å². The number of aromatic nitrogens is 3. The van der Waals surface area contributed by atoms with E-state index in [1.165, 1.54) is 0 Å². The molecule has 0 unspecified atom stereocenters. The molecule has 0 aliphatic rings. The maximum atomic E-state index is 9.60. The van der Waals surface area contributed by atoms with Gasteiger partial charge in [-0.15, -0.1) is 0 Å². The predicted molar refractivity (Wildman–Crippen MR) is 174 cm³/mol. The molecule has 0 N–H and O–H groups in total. The van der Waals surface area contributed by atoms with Gasteiger partial charge in [-0.05, 0) is 55.5 Å². The molecular formula is C39H25N3. The van der Waals surface area contributed by atoms with Crippen molar-refractivity contribution >= 4 is 32.3 Å². The molecule has 1 aromatic heterocycles. The fourth-order valence-corrected chi connectivity index (χ4v) is 4.78. The Morgan fingerprint density at radius 1 is 0.333 bits per heavy atom. The molecule has 42 heavy (non-hydrogen) atoms. The minimum atomic E-state index is -0.767. The number of hydrogen-bond acceptors (Lipinski definition) is 3. The van der Waals surface area contributed by atoms with Crippen molar-refractivity contribution in [1.29, 1.82) is 0 Å². The summed E-state index contributed by atoms with van der Waals surface area (Å²) < 4.78 is 134. The summed E-state index contributed by atoms with van der Waals surface area (Å²) in [6, 6.07) is 7.23. The highest BCUT2D eigenvalue weighted by Gasteiger charge is 2.14. The Morgan fingerprint density at radius 3 is 1.31 bits per heavy atom. The van der Waals surface area contributed by atoms with Gasteiger partial charge in [0.15, 0.2) is 17.5 Å². The van der Waals surface area contributed by atoms with Crippen molar-refractivity contribution in [3.63, 3.8) is 0 Å². The van der Waals surface area contributed by atoms with Gasteiger partial charge in [-0.3, -0.25) is 0 Å². The third-order valence-corrected chi connectivity index (χ3v) is 6.74. The molecule has 0 aliphatic carbocycles. The Kier molecular flexibility index (Phi) is 3.19. The second-order valence-electron chi connectivity index (χ2n) is 9.29. The number of fused-ring (bicyclic) bond motifs is 6. The molecule has 0 atom stereocenters. The molecule has 0 saturated carbocycles. The summed E-state index contributed by atoms with van der Waals surface area (Å²) in [7, 11) is 0. The minimum absolute atomic E-state index is 0.167. The maximum absolute atomic E-state index is 9.60. The molecule has 7 aromatic carbocycles. The fourth-order valence-electron chi connectivity index (χ4n) is 4.78. The zero-order chi connectivity index (χ0) is 40.9. The van der Waals surface area contributed by atoms with Crippen LogP contribution in [0.3, 0.4) is 0 Å². The Bertz CT molecular complexity index is 2970. The van der Waals surface area contributed by atoms with Gasteiger partial charge >= 0.3 is 0 Å². The van der Waals surface area contributed by atoms with Crippen molar-refractivity contribution in [2.24, 2.45) is 0 Å². The Labute approximate surface area is 264 Å². The first-order valence-corrected chi connectivity index (χ1v) is 12.9. The van der Waals surface area contributed by atoms with E-state index in [1.807, 2.05) is 0 Å². The standard InChI is InChI=1S/C39H25N3/c1-3-12-26(13-4-1)37-40-38(27-14-5-2-6-15-27)42-39(41-37)30-17-11-16-28(24-30)29-22-23-35-33-20-8-7-18-31(33)32-19-9-10-21-34(32)36(35)25-29/h1-25H/i7D,8D,9D,10D,11D,16D,17D,18D,19D,20D,21D,22D,23D,24D,25D. The number of hydrogen-bond donors (Lipinski definition) is 0. The van der Waals surface area contributed by atoms with Crippen LogP contribution in [-0.4, -0.2) is 15.0 Å². The summed E-state index contributed by atoms with van der Waals surface area (Å²) in [5, 5.41) is -2.14. The zero-order valence-electron chi connectivity index (χ0n) is 36.6. The minimum Gasteiger partial charge on any atom is -0.208 e. The lowest BCUT2D eigenvalue weighted by Gasteiger charge is -2.13. The molecule has 3 heteroatoms. The second-order valence-corrected chi connectivity index (χ2v) is 9.29. The molecule has 0 aliphatic heterocycles. The molecule has 0 radical (unpaired) electrons. The lowest BCUT2D eigenvalue weighted by Crippen LogP contribution is -2.00. The van der Waals surface area contributed by atoms with Crippen LogP contribution in [0, 0.1) is 0 Å². The normalized spacial score (nSPS) is 16.3. The van der Waals surface area contributed by atoms with E-state index in [0.29, 0.717) is 11.1 Å². The summed E-state index contributed by atoms with van der Waals surface area (Å²) >= 11 is 0. The van der Waals surface area contributed by atoms with Gasteiger partial charge in [0.1, 0.15) is 0 Å². The highest BCUT2D eigenvalue weighted by atomic mass is 15.0. The van der Waals surface area contributed by atoms with Crippen molar-refractivity contribution < 1.29 is 20.6 Å². The van der Waals surface area contributed by atoms with Crippen molar-refractivity contribution in [2.75, 3.05) is 0 Å². The van der Waals surface area contributed by atoms with Crippen LogP contribution < -0.4 is 0 Å². The Hall–Kier alpha value is -5.67. The summed E-state index contributed by atoms with van der Waals surface area (Å²) in [6.45, 7) is 0. The Balaban J connectivity index is 1.55. The zero-order valence-corrected chi connectivity index (χ0v) is 21.6. The van der Waals surface area contributed by atoms with E-state index in [4.69, 9.17) is 15.1 Å². The lowest BCUT2D eigenvalue weighted by atomic mass is 9.92. The lowest BCUT2D eigenvalue weighted by molar-refractivity contribution is 1.07. The highest BCUT2D eigenvalue weighted by Crippen LogP contribution is 2.37. The van der Waals surface area contributed by atoms with Gasteiger partial charge < -0.3 is 0 Å². The summed E-state index contributed by atoms with van der Waals surface area (Å²) in [6.07, 6.45) is 0. The fraction of sp³-hybridized carbons (Fsp3) is 0. The second kappa shape index (κ2) is 10.1. The predicted octanol–water partition coefficient (Wildman–Crippen LogP) is 10.00. The van der Waals surface area contributed by atoms with Gasteiger partial charge in [0.2, 0.25) is 0 Å². The molecule has 0 amide bonds. The SMILES string of the molecule is [2H]c1c([2H])c(-c2nc(-c3ccccc3)nc(-c3ccccc3)n2)c([2H])c(-c2c([2H])c([2H])c3c4c([2H])c([2H])c([2H])c([2H])c4c4c([2H])c([2H])c([2H])c([2H])c4c3c2[2H])c1[2H]. The molecule has 8 aromatic rings. The summed E-state index contributed by atoms with van der Waals surface area (Å²) in [5.74, 6) is 0.110. The average Bonchev–Trinajstić information content (AvgIpc) is 3.22. The van der Waals surface area contributed by atoms with Crippen molar-refractivity contribution in [2.45, 2.75) is 0 Å². The van der Waals surface area contributed by atoms with Crippen LogP contribution in [0.1, 0.15) is 20.6 Å². The summed E-state index contributed by atoms with van der Waals surface area (Å²) in [4.78, 5) is 13.8. The van der Waals surface area contributed by atoms with Gasteiger partial charge in [-0.1, -0.05) is 139 Å². The summed E-state index contributed by atoms with van der Waals surface area (Å²) in [5.41, 5.74) is -0.281. The third kappa shape index (κ3) is 4.20. The molecule has 0 fully saturated rings. The van der Waals surface area contributed by atoms with E-state index in [2.05, 4.69) is 15.0 Å². The number of nitrogens with zero attached hydrogens (tertiary/aromatic N) is 3. The van der Waals surface area contributed by atoms with E-state index in [9.17, 15) is 5.48 Å². The van der Waals surface area contributed by atoms with Crippen LogP contribution in [0.5, 0.6) is 0 Å². The highest BCUT2D eigenvalue weighted by molar-refractivity contribution is 6.25. The largest absolute Gasteiger partial charge is 0.208 e. The number of rotatable bonds is 4. The van der Waals surface area contributed by atoms with Gasteiger partial charge in [-0.2, -0.15) is 0 Å². The molecule has 3 nitrogen and oxygen atoms in total. The van der Waals surface area contributed by atoms with E-state index in [-0.39, 0.29) is 55.4 Å². The first-order chi connectivity index (χ1) is 27.1. The smallest absolute Gasteiger partial charge is 0.164 e. The molecule has 8 rings (SSSR count). The first-order valence-electron chi connectivity index (χ1n) is 20.4. The Morgan fingerprint density at radius 2 is 0.762 bits per heavy atom. The van der Waals surface area contributed by atoms with Crippen molar-refractivity contribution in [3.05, 3.63) is 151 Å². The van der Waals surface area contributed by atoms with Crippen molar-refractivity contribution in [3.8, 4) is 45.3 Å². The van der Waals surface area contributed by atoms with Crippen LogP contribution in [0.2, 0.25) is 0 Å². The monoisotopic (exact) mass is 550 g/mol. The molecule has 1 heterocycles. The first kappa shape index (κ1) is 13.3.